The summed E-state index contributed by atoms with van der Waals surface area (Å²) in [6, 6.07) is 3.04. The fraction of sp³-hybridized carbons (Fsp3) is 0.444. The zero-order valence-corrected chi connectivity index (χ0v) is 22.6. The van der Waals surface area contributed by atoms with E-state index in [0.717, 1.165) is 38.5 Å². The first-order valence-electron chi connectivity index (χ1n) is 11.3. The molecule has 6 heteroatoms. The molecule has 0 aromatic heterocycles. The smallest absolute Gasteiger partial charge is 0.411 e. The molecule has 0 aliphatic heterocycles. The van der Waals surface area contributed by atoms with Crippen molar-refractivity contribution in [2.24, 2.45) is 0 Å². The molecule has 0 aliphatic rings. The quantitative estimate of drug-likeness (QED) is 0.223. The molecular formula is C27H36Cl3NO2. The maximum atomic E-state index is 11.9. The van der Waals surface area contributed by atoms with E-state index in [4.69, 9.17) is 39.5 Å². The van der Waals surface area contributed by atoms with Gasteiger partial charge in [-0.3, -0.25) is 5.32 Å². The second-order valence-electron chi connectivity index (χ2n) is 8.53. The lowest BCUT2D eigenvalue weighted by Gasteiger charge is -2.08. The Morgan fingerprint density at radius 1 is 0.788 bits per heavy atom. The van der Waals surface area contributed by atoms with Crippen LogP contribution in [0.4, 0.5) is 10.5 Å². The second kappa shape index (κ2) is 16.0. The molecule has 1 aromatic rings. The van der Waals surface area contributed by atoms with Gasteiger partial charge in [-0.05, 0) is 91.4 Å². The van der Waals surface area contributed by atoms with Gasteiger partial charge in [-0.1, -0.05) is 75.3 Å². The number of hydrogen-bond acceptors (Lipinski definition) is 2. The van der Waals surface area contributed by atoms with Crippen LogP contribution in [0.3, 0.4) is 0 Å². The van der Waals surface area contributed by atoms with Gasteiger partial charge in [0.2, 0.25) is 0 Å². The first-order chi connectivity index (χ1) is 15.6. The molecule has 0 aliphatic carbocycles. The molecule has 0 radical (unpaired) electrons. The molecule has 1 rings (SSSR count). The van der Waals surface area contributed by atoms with Gasteiger partial charge in [0.15, 0.2) is 0 Å². The highest BCUT2D eigenvalue weighted by molar-refractivity contribution is 6.48. The largest absolute Gasteiger partial charge is 0.445 e. The number of halogens is 3. The summed E-state index contributed by atoms with van der Waals surface area (Å²) in [7, 11) is 0. The first-order valence-corrected chi connectivity index (χ1v) is 12.4. The number of rotatable bonds is 12. The standard InChI is InChI=1S/C27H36Cl3NO2/c1-19(2)9-6-10-20(3)11-7-12-21(4)13-8-14-22(5)15-16-33-27(32)31-23-17-24(28)26(30)25(29)18-23/h9,11,13,15,17-18H,6-8,10,12,14,16H2,1-5H3,(H,31,32)/b20-11+,21-13+,22-15+. The fourth-order valence-corrected chi connectivity index (χ4v) is 3.62. The van der Waals surface area contributed by atoms with Crippen LogP contribution in [0.5, 0.6) is 0 Å². The van der Waals surface area contributed by atoms with Crippen molar-refractivity contribution >= 4 is 46.6 Å². The fourth-order valence-electron chi connectivity index (χ4n) is 3.03. The Labute approximate surface area is 214 Å². The highest BCUT2D eigenvalue weighted by atomic mass is 35.5. The summed E-state index contributed by atoms with van der Waals surface area (Å²) >= 11 is 17.8. The van der Waals surface area contributed by atoms with E-state index in [1.165, 1.54) is 34.4 Å². The molecule has 3 nitrogen and oxygen atoms in total. The van der Waals surface area contributed by atoms with Crippen LogP contribution in [0.25, 0.3) is 0 Å². The number of hydrogen-bond donors (Lipinski definition) is 1. The summed E-state index contributed by atoms with van der Waals surface area (Å²) in [5.74, 6) is 0. The molecule has 0 fully saturated rings. The third-order valence-electron chi connectivity index (χ3n) is 5.03. The highest BCUT2D eigenvalue weighted by Crippen LogP contribution is 2.33. The minimum Gasteiger partial charge on any atom is -0.445 e. The van der Waals surface area contributed by atoms with Crippen LogP contribution in [0.15, 0.2) is 58.7 Å². The predicted molar refractivity (Wildman–Crippen MR) is 145 cm³/mol. The van der Waals surface area contributed by atoms with Crippen molar-refractivity contribution in [3.63, 3.8) is 0 Å². The molecule has 1 amide bonds. The van der Waals surface area contributed by atoms with Crippen molar-refractivity contribution in [1.29, 1.82) is 0 Å². The molecule has 0 unspecified atom stereocenters. The van der Waals surface area contributed by atoms with Crippen LogP contribution in [0.1, 0.15) is 73.1 Å². The van der Waals surface area contributed by atoms with Crippen molar-refractivity contribution in [2.45, 2.75) is 73.1 Å². The number of ether oxygens (including phenoxy) is 1. The lowest BCUT2D eigenvalue weighted by Crippen LogP contribution is -2.13. The molecule has 33 heavy (non-hydrogen) atoms. The van der Waals surface area contributed by atoms with Crippen LogP contribution in [0, 0.1) is 0 Å². The van der Waals surface area contributed by atoms with E-state index >= 15 is 0 Å². The summed E-state index contributed by atoms with van der Waals surface area (Å²) in [6.45, 7) is 10.9. The number of carbonyl (C=O) groups excluding carboxylic acids is 1. The van der Waals surface area contributed by atoms with Gasteiger partial charge in [-0.25, -0.2) is 4.79 Å². The van der Waals surface area contributed by atoms with Gasteiger partial charge in [-0.15, -0.1) is 0 Å². The first kappa shape index (κ1) is 29.4. The Bertz CT molecular complexity index is 887. The number of allylic oxidation sites excluding steroid dienone is 7. The summed E-state index contributed by atoms with van der Waals surface area (Å²) < 4.78 is 5.20. The average molecular weight is 513 g/mol. The average Bonchev–Trinajstić information content (AvgIpc) is 2.71. The summed E-state index contributed by atoms with van der Waals surface area (Å²) in [5.41, 5.74) is 5.87. The van der Waals surface area contributed by atoms with Gasteiger partial charge in [-0.2, -0.15) is 0 Å². The van der Waals surface area contributed by atoms with Crippen molar-refractivity contribution in [2.75, 3.05) is 11.9 Å². The number of anilines is 1. The van der Waals surface area contributed by atoms with Crippen molar-refractivity contribution in [1.82, 2.24) is 0 Å². The molecule has 1 aromatic carbocycles. The topological polar surface area (TPSA) is 38.3 Å². The molecule has 1 N–H and O–H groups in total. The van der Waals surface area contributed by atoms with Gasteiger partial charge in [0, 0.05) is 5.69 Å². The Hall–Kier alpha value is -1.68. The molecule has 0 spiro atoms. The lowest BCUT2D eigenvalue weighted by molar-refractivity contribution is 0.174. The maximum absolute atomic E-state index is 11.9. The van der Waals surface area contributed by atoms with E-state index in [1.807, 2.05) is 13.0 Å². The van der Waals surface area contributed by atoms with Crippen LogP contribution >= 0.6 is 34.8 Å². The Balaban J connectivity index is 2.31. The summed E-state index contributed by atoms with van der Waals surface area (Å²) in [6.07, 6.45) is 14.6. The minimum absolute atomic E-state index is 0.201. The number of nitrogens with one attached hydrogen (secondary N) is 1. The summed E-state index contributed by atoms with van der Waals surface area (Å²) in [5, 5.41) is 3.38. The Morgan fingerprint density at radius 3 is 1.73 bits per heavy atom. The molecule has 0 saturated carbocycles. The zero-order valence-electron chi connectivity index (χ0n) is 20.4. The second-order valence-corrected chi connectivity index (χ2v) is 9.72. The molecule has 0 bridgehead atoms. The number of benzene rings is 1. The van der Waals surface area contributed by atoms with Gasteiger partial charge in [0.05, 0.1) is 15.1 Å². The zero-order chi connectivity index (χ0) is 24.8. The van der Waals surface area contributed by atoms with E-state index in [9.17, 15) is 4.79 Å². The highest BCUT2D eigenvalue weighted by Gasteiger charge is 2.09. The van der Waals surface area contributed by atoms with Crippen molar-refractivity contribution < 1.29 is 9.53 Å². The SMILES string of the molecule is CC(C)=CCC/C(C)=C/CC/C(C)=C/CC/C(C)=C/COC(=O)Nc1cc(Cl)c(Cl)c(Cl)c1. The predicted octanol–water partition coefficient (Wildman–Crippen LogP) is 10.3. The van der Waals surface area contributed by atoms with Gasteiger partial charge < -0.3 is 4.74 Å². The van der Waals surface area contributed by atoms with E-state index < -0.39 is 6.09 Å². The van der Waals surface area contributed by atoms with Crippen LogP contribution in [-0.2, 0) is 4.74 Å². The number of carbonyl (C=O) groups is 1. The Morgan fingerprint density at radius 2 is 1.24 bits per heavy atom. The molecular weight excluding hydrogens is 477 g/mol. The van der Waals surface area contributed by atoms with Crippen LogP contribution < -0.4 is 5.32 Å². The van der Waals surface area contributed by atoms with Gasteiger partial charge >= 0.3 is 6.09 Å². The molecule has 0 atom stereocenters. The normalized spacial score (nSPS) is 12.5. The Kier molecular flexibility index (Phi) is 14.3. The third-order valence-corrected chi connectivity index (χ3v) is 6.23. The van der Waals surface area contributed by atoms with Crippen LogP contribution in [0.2, 0.25) is 15.1 Å². The molecule has 182 valence electrons. The maximum Gasteiger partial charge on any atom is 0.411 e. The minimum atomic E-state index is -0.576. The van der Waals surface area contributed by atoms with E-state index in [2.05, 4.69) is 51.2 Å². The van der Waals surface area contributed by atoms with E-state index in [1.54, 1.807) is 0 Å². The van der Waals surface area contributed by atoms with Gasteiger partial charge in [0.25, 0.3) is 0 Å². The van der Waals surface area contributed by atoms with E-state index in [-0.39, 0.29) is 21.7 Å². The van der Waals surface area contributed by atoms with Crippen molar-refractivity contribution in [3.05, 3.63) is 73.8 Å². The molecule has 0 saturated heterocycles. The monoisotopic (exact) mass is 511 g/mol. The summed E-state index contributed by atoms with van der Waals surface area (Å²) in [4.78, 5) is 11.9. The lowest BCUT2D eigenvalue weighted by atomic mass is 10.0. The third kappa shape index (κ3) is 13.6. The number of amides is 1. The van der Waals surface area contributed by atoms with E-state index in [0.29, 0.717) is 5.69 Å². The van der Waals surface area contributed by atoms with Gasteiger partial charge in [0.1, 0.15) is 6.61 Å². The van der Waals surface area contributed by atoms with Crippen molar-refractivity contribution in [3.8, 4) is 0 Å². The van der Waals surface area contributed by atoms with Crippen LogP contribution in [-0.4, -0.2) is 12.7 Å². The molecule has 0 heterocycles.